The molecule has 0 heterocycles. The van der Waals surface area contributed by atoms with Gasteiger partial charge in [0.1, 0.15) is 5.75 Å². The van der Waals surface area contributed by atoms with E-state index in [-0.39, 0.29) is 0 Å². The summed E-state index contributed by atoms with van der Waals surface area (Å²) in [6, 6.07) is 6.82. The molecule has 1 nitrogen and oxygen atoms in total. The Bertz CT molecular complexity index is 935. The second-order valence-electron chi connectivity index (χ2n) is 10.5. The van der Waals surface area contributed by atoms with E-state index in [0.29, 0.717) is 18.1 Å². The second-order valence-corrected chi connectivity index (χ2v) is 10.5. The van der Waals surface area contributed by atoms with Crippen LogP contribution in [-0.4, -0.2) is 0 Å². The fourth-order valence-electron chi connectivity index (χ4n) is 6.11. The van der Waals surface area contributed by atoms with Crippen molar-refractivity contribution in [3.05, 3.63) is 65.0 Å². The number of hydrogen-bond donors (Lipinski definition) is 0. The maximum atomic E-state index is 14.6. The van der Waals surface area contributed by atoms with Gasteiger partial charge >= 0.3 is 6.11 Å². The van der Waals surface area contributed by atoms with E-state index in [1.807, 2.05) is 0 Å². The molecule has 0 aromatic heterocycles. The molecular formula is C29H35F5O. The van der Waals surface area contributed by atoms with Gasteiger partial charge in [-0.15, -0.1) is 0 Å². The third-order valence-corrected chi connectivity index (χ3v) is 8.22. The molecule has 0 atom stereocenters. The number of unbranched alkanes of at least 4 members (excludes halogenated alkanes) is 1. The van der Waals surface area contributed by atoms with Crippen LogP contribution in [0.5, 0.6) is 5.75 Å². The predicted molar refractivity (Wildman–Crippen MR) is 127 cm³/mol. The predicted octanol–water partition coefficient (Wildman–Crippen LogP) is 9.50. The molecule has 0 unspecified atom stereocenters. The van der Waals surface area contributed by atoms with Gasteiger partial charge in [0.2, 0.25) is 0 Å². The van der Waals surface area contributed by atoms with Gasteiger partial charge in [0.25, 0.3) is 0 Å². The largest absolute Gasteiger partial charge is 0.429 e. The van der Waals surface area contributed by atoms with E-state index >= 15 is 0 Å². The van der Waals surface area contributed by atoms with Gasteiger partial charge in [-0.2, -0.15) is 8.78 Å². The quantitative estimate of drug-likeness (QED) is 0.262. The lowest BCUT2D eigenvalue weighted by molar-refractivity contribution is -0.185. The Kier molecular flexibility index (Phi) is 8.38. The van der Waals surface area contributed by atoms with E-state index in [0.717, 1.165) is 36.2 Å². The molecule has 0 saturated heterocycles. The van der Waals surface area contributed by atoms with Gasteiger partial charge in [-0.25, -0.2) is 13.2 Å². The lowest BCUT2D eigenvalue weighted by Crippen LogP contribution is -2.25. The molecule has 4 rings (SSSR count). The smallest absolute Gasteiger partial charge is 0.426 e. The normalized spacial score (nSPS) is 25.4. The minimum Gasteiger partial charge on any atom is -0.429 e. The summed E-state index contributed by atoms with van der Waals surface area (Å²) in [5.74, 6) is -2.74. The van der Waals surface area contributed by atoms with Gasteiger partial charge in [-0.05, 0) is 79.9 Å². The van der Waals surface area contributed by atoms with Crippen LogP contribution in [0.1, 0.15) is 94.6 Å². The number of benzene rings is 2. The Labute approximate surface area is 205 Å². The van der Waals surface area contributed by atoms with E-state index < -0.39 is 34.9 Å². The second kappa shape index (κ2) is 11.3. The monoisotopic (exact) mass is 494 g/mol. The molecule has 35 heavy (non-hydrogen) atoms. The molecule has 2 aliphatic rings. The van der Waals surface area contributed by atoms with Crippen molar-refractivity contribution in [3.8, 4) is 5.75 Å². The van der Waals surface area contributed by atoms with E-state index in [4.69, 9.17) is 0 Å². The molecule has 2 saturated carbocycles. The third-order valence-electron chi connectivity index (χ3n) is 8.22. The van der Waals surface area contributed by atoms with Gasteiger partial charge < -0.3 is 4.74 Å². The SMILES string of the molecule is CCCC[C@H]1CC[C@H]([C@H]2CC[C@H](c3ccc(C(F)(F)Oc4cc(F)c(F)c(F)c4)cc3)CC2)CC1. The summed E-state index contributed by atoms with van der Waals surface area (Å²) in [7, 11) is 0. The Morgan fingerprint density at radius 3 is 1.89 bits per heavy atom. The topological polar surface area (TPSA) is 9.23 Å². The lowest BCUT2D eigenvalue weighted by Gasteiger charge is -2.38. The molecule has 2 aromatic carbocycles. The van der Waals surface area contributed by atoms with E-state index in [2.05, 4.69) is 11.7 Å². The number of halogens is 5. The van der Waals surface area contributed by atoms with Crippen LogP contribution in [0.4, 0.5) is 22.0 Å². The zero-order valence-corrected chi connectivity index (χ0v) is 20.3. The molecule has 0 aliphatic heterocycles. The highest BCUT2D eigenvalue weighted by Gasteiger charge is 2.36. The number of ether oxygens (including phenoxy) is 1. The summed E-state index contributed by atoms with van der Waals surface area (Å²) in [5, 5.41) is 0. The first-order valence-electron chi connectivity index (χ1n) is 13.1. The fourth-order valence-corrected chi connectivity index (χ4v) is 6.11. The molecule has 2 aromatic rings. The van der Waals surface area contributed by atoms with Crippen molar-refractivity contribution in [3.63, 3.8) is 0 Å². The molecule has 2 fully saturated rings. The van der Waals surface area contributed by atoms with Crippen molar-refractivity contribution in [1.29, 1.82) is 0 Å². The molecular weight excluding hydrogens is 459 g/mol. The maximum absolute atomic E-state index is 14.6. The first-order valence-corrected chi connectivity index (χ1v) is 13.1. The van der Waals surface area contributed by atoms with Crippen LogP contribution in [0.2, 0.25) is 0 Å². The van der Waals surface area contributed by atoms with Crippen LogP contribution in [0.15, 0.2) is 36.4 Å². The van der Waals surface area contributed by atoms with Crippen molar-refractivity contribution >= 4 is 0 Å². The summed E-state index contributed by atoms with van der Waals surface area (Å²) >= 11 is 0. The van der Waals surface area contributed by atoms with Crippen LogP contribution < -0.4 is 4.74 Å². The van der Waals surface area contributed by atoms with Crippen LogP contribution in [0, 0.1) is 35.2 Å². The summed E-state index contributed by atoms with van der Waals surface area (Å²) in [6.07, 6.45) is 10.2. The minimum absolute atomic E-state index is 0.357. The molecule has 0 spiro atoms. The van der Waals surface area contributed by atoms with Crippen molar-refractivity contribution in [2.75, 3.05) is 0 Å². The number of hydrogen-bond acceptors (Lipinski definition) is 1. The van der Waals surface area contributed by atoms with Gasteiger partial charge in [0.05, 0.1) is 5.56 Å². The van der Waals surface area contributed by atoms with E-state index in [9.17, 15) is 22.0 Å². The lowest BCUT2D eigenvalue weighted by atomic mass is 9.68. The average Bonchev–Trinajstić information content (AvgIpc) is 2.86. The maximum Gasteiger partial charge on any atom is 0.426 e. The van der Waals surface area contributed by atoms with Crippen LogP contribution in [-0.2, 0) is 6.11 Å². The molecule has 0 radical (unpaired) electrons. The third kappa shape index (κ3) is 6.37. The minimum atomic E-state index is -3.80. The van der Waals surface area contributed by atoms with Gasteiger partial charge in [-0.1, -0.05) is 51.2 Å². The highest BCUT2D eigenvalue weighted by molar-refractivity contribution is 5.30. The van der Waals surface area contributed by atoms with E-state index in [1.165, 1.54) is 69.9 Å². The van der Waals surface area contributed by atoms with Gasteiger partial charge in [0, 0.05) is 12.1 Å². The summed E-state index contributed by atoms with van der Waals surface area (Å²) in [5.41, 5.74) is 0.616. The standard InChI is InChI=1S/C29H35F5O/c1-2-3-4-19-5-7-20(8-6-19)21-9-11-22(12-10-21)23-13-15-24(16-14-23)29(33,34)35-25-17-26(30)28(32)27(31)18-25/h13-22H,2-12H2,1H3/t19-,20-,21-,22-. The van der Waals surface area contributed by atoms with E-state index in [1.54, 1.807) is 12.1 Å². The summed E-state index contributed by atoms with van der Waals surface area (Å²) in [6.45, 7) is 2.26. The van der Waals surface area contributed by atoms with Crippen LogP contribution >= 0.6 is 0 Å². The van der Waals surface area contributed by atoms with Gasteiger partial charge in [-0.3, -0.25) is 0 Å². The van der Waals surface area contributed by atoms with Crippen molar-refractivity contribution < 1.29 is 26.7 Å². The van der Waals surface area contributed by atoms with Crippen molar-refractivity contribution in [2.24, 2.45) is 17.8 Å². The fraction of sp³-hybridized carbons (Fsp3) is 0.586. The molecule has 2 aliphatic carbocycles. The zero-order valence-electron chi connectivity index (χ0n) is 20.3. The number of alkyl halides is 2. The number of rotatable bonds is 8. The average molecular weight is 495 g/mol. The van der Waals surface area contributed by atoms with Crippen LogP contribution in [0.3, 0.4) is 0 Å². The molecule has 0 amide bonds. The highest BCUT2D eigenvalue weighted by Crippen LogP contribution is 2.45. The summed E-state index contributed by atoms with van der Waals surface area (Å²) < 4.78 is 73.4. The Morgan fingerprint density at radius 1 is 0.800 bits per heavy atom. The molecule has 0 N–H and O–H groups in total. The summed E-state index contributed by atoms with van der Waals surface area (Å²) in [4.78, 5) is 0. The van der Waals surface area contributed by atoms with Crippen molar-refractivity contribution in [2.45, 2.75) is 89.6 Å². The Hall–Kier alpha value is -2.11. The van der Waals surface area contributed by atoms with Crippen LogP contribution in [0.25, 0.3) is 0 Å². The molecule has 192 valence electrons. The first kappa shape index (κ1) is 26.0. The molecule has 0 bridgehead atoms. The van der Waals surface area contributed by atoms with Crippen molar-refractivity contribution in [1.82, 2.24) is 0 Å². The molecule has 6 heteroatoms. The zero-order chi connectivity index (χ0) is 25.0. The highest BCUT2D eigenvalue weighted by atomic mass is 19.3. The Balaban J connectivity index is 1.30. The van der Waals surface area contributed by atoms with Gasteiger partial charge in [0.15, 0.2) is 17.5 Å². The first-order chi connectivity index (χ1) is 16.8. The Morgan fingerprint density at radius 2 is 1.34 bits per heavy atom.